The Morgan fingerprint density at radius 2 is 2.15 bits per heavy atom. The van der Waals surface area contributed by atoms with E-state index < -0.39 is 0 Å². The Morgan fingerprint density at radius 3 is 2.80 bits per heavy atom. The molecular weight excluding hydrogens is 256 g/mol. The van der Waals surface area contributed by atoms with E-state index in [0.29, 0.717) is 18.5 Å². The van der Waals surface area contributed by atoms with E-state index in [9.17, 15) is 10.1 Å². The van der Waals surface area contributed by atoms with Crippen molar-refractivity contribution >= 4 is 5.69 Å². The molecule has 1 fully saturated rings. The van der Waals surface area contributed by atoms with Crippen LogP contribution in [-0.2, 0) is 11.3 Å². The van der Waals surface area contributed by atoms with Crippen molar-refractivity contribution in [2.75, 3.05) is 13.2 Å². The minimum absolute atomic E-state index is 0.197. The van der Waals surface area contributed by atoms with E-state index in [1.54, 1.807) is 12.1 Å². The third-order valence-corrected chi connectivity index (χ3v) is 4.20. The maximum Gasteiger partial charge on any atom is 0.272 e. The highest BCUT2D eigenvalue weighted by Crippen LogP contribution is 2.22. The van der Waals surface area contributed by atoms with Crippen LogP contribution in [0.25, 0.3) is 0 Å². The van der Waals surface area contributed by atoms with Crippen LogP contribution in [0.4, 0.5) is 5.69 Å². The minimum atomic E-state index is -0.319. The Bertz CT molecular complexity index is 470. The number of hydrogen-bond acceptors (Lipinski definition) is 4. The van der Waals surface area contributed by atoms with Gasteiger partial charge in [-0.15, -0.1) is 0 Å². The zero-order chi connectivity index (χ0) is 14.5. The van der Waals surface area contributed by atoms with Crippen LogP contribution < -0.4 is 5.32 Å². The zero-order valence-corrected chi connectivity index (χ0v) is 12.1. The van der Waals surface area contributed by atoms with Crippen LogP contribution in [0.5, 0.6) is 0 Å². The Kier molecular flexibility index (Phi) is 5.09. The second-order valence-electron chi connectivity index (χ2n) is 5.44. The zero-order valence-electron chi connectivity index (χ0n) is 12.1. The van der Waals surface area contributed by atoms with Gasteiger partial charge in [0, 0.05) is 37.4 Å². The molecule has 0 radical (unpaired) electrons. The smallest absolute Gasteiger partial charge is 0.272 e. The van der Waals surface area contributed by atoms with Crippen molar-refractivity contribution in [3.8, 4) is 0 Å². The van der Waals surface area contributed by atoms with E-state index in [1.807, 2.05) is 13.0 Å². The predicted molar refractivity (Wildman–Crippen MR) is 77.7 cm³/mol. The lowest BCUT2D eigenvalue weighted by molar-refractivity contribution is -0.385. The van der Waals surface area contributed by atoms with Crippen molar-refractivity contribution in [2.24, 2.45) is 5.92 Å². The van der Waals surface area contributed by atoms with Gasteiger partial charge in [0.25, 0.3) is 5.69 Å². The van der Waals surface area contributed by atoms with Crippen molar-refractivity contribution in [3.05, 3.63) is 39.4 Å². The average Bonchev–Trinajstić information content (AvgIpc) is 2.46. The van der Waals surface area contributed by atoms with Crippen molar-refractivity contribution in [2.45, 2.75) is 39.3 Å². The summed E-state index contributed by atoms with van der Waals surface area (Å²) in [4.78, 5) is 10.6. The van der Waals surface area contributed by atoms with E-state index in [2.05, 4.69) is 12.2 Å². The predicted octanol–water partition coefficient (Wildman–Crippen LogP) is 2.81. The molecule has 0 spiro atoms. The summed E-state index contributed by atoms with van der Waals surface area (Å²) in [7, 11) is 0. The number of nitro benzene ring substituents is 1. The van der Waals surface area contributed by atoms with Crippen LogP contribution in [0.2, 0.25) is 0 Å². The van der Waals surface area contributed by atoms with Gasteiger partial charge >= 0.3 is 0 Å². The quantitative estimate of drug-likeness (QED) is 0.664. The second kappa shape index (κ2) is 6.81. The molecule has 0 aromatic heterocycles. The van der Waals surface area contributed by atoms with Crippen LogP contribution in [0.3, 0.4) is 0 Å². The Morgan fingerprint density at radius 1 is 1.45 bits per heavy atom. The molecule has 1 saturated heterocycles. The summed E-state index contributed by atoms with van der Waals surface area (Å²) in [6, 6.07) is 5.66. The van der Waals surface area contributed by atoms with Gasteiger partial charge < -0.3 is 10.1 Å². The van der Waals surface area contributed by atoms with Crippen LogP contribution in [0, 0.1) is 23.0 Å². The number of nitrogens with zero attached hydrogens (tertiary/aromatic N) is 1. The standard InChI is InChI=1S/C15H22N2O3/c1-11-14(4-3-5-15(11)17(18)19)10-16-12(2)13-6-8-20-9-7-13/h3-5,12-13,16H,6-10H2,1-2H3/t12-/m1/s1. The van der Waals surface area contributed by atoms with Gasteiger partial charge in [0.2, 0.25) is 0 Å². The molecule has 0 aliphatic carbocycles. The first kappa shape index (κ1) is 14.9. The molecule has 0 bridgehead atoms. The molecule has 20 heavy (non-hydrogen) atoms. The summed E-state index contributed by atoms with van der Waals surface area (Å²) in [5.41, 5.74) is 1.95. The molecule has 2 rings (SSSR count). The Labute approximate surface area is 119 Å². The van der Waals surface area contributed by atoms with Crippen molar-refractivity contribution in [1.82, 2.24) is 5.32 Å². The van der Waals surface area contributed by atoms with Gasteiger partial charge in [0.1, 0.15) is 0 Å². The number of hydrogen-bond donors (Lipinski definition) is 1. The second-order valence-corrected chi connectivity index (χ2v) is 5.44. The van der Waals surface area contributed by atoms with E-state index in [-0.39, 0.29) is 10.6 Å². The fourth-order valence-corrected chi connectivity index (χ4v) is 2.71. The highest BCUT2D eigenvalue weighted by Gasteiger charge is 2.20. The highest BCUT2D eigenvalue weighted by molar-refractivity contribution is 5.44. The molecule has 0 saturated carbocycles. The third-order valence-electron chi connectivity index (χ3n) is 4.20. The van der Waals surface area contributed by atoms with Gasteiger partial charge in [0.15, 0.2) is 0 Å². The number of rotatable bonds is 5. The molecule has 5 heteroatoms. The van der Waals surface area contributed by atoms with Crippen LogP contribution in [0.15, 0.2) is 18.2 Å². The maximum atomic E-state index is 10.9. The van der Waals surface area contributed by atoms with E-state index >= 15 is 0 Å². The SMILES string of the molecule is Cc1c(CN[C@H](C)C2CCOCC2)cccc1[N+](=O)[O-]. The first-order valence-corrected chi connectivity index (χ1v) is 7.13. The summed E-state index contributed by atoms with van der Waals surface area (Å²) < 4.78 is 5.37. The van der Waals surface area contributed by atoms with Crippen LogP contribution >= 0.6 is 0 Å². The molecular formula is C15H22N2O3. The minimum Gasteiger partial charge on any atom is -0.381 e. The molecule has 1 N–H and O–H groups in total. The molecule has 0 unspecified atom stereocenters. The van der Waals surface area contributed by atoms with E-state index in [1.165, 1.54) is 0 Å². The summed E-state index contributed by atoms with van der Waals surface area (Å²) >= 11 is 0. The molecule has 0 amide bonds. The maximum absolute atomic E-state index is 10.9. The number of nitro groups is 1. The number of benzene rings is 1. The van der Waals surface area contributed by atoms with Gasteiger partial charge in [-0.25, -0.2) is 0 Å². The van der Waals surface area contributed by atoms with Crippen LogP contribution in [0.1, 0.15) is 30.9 Å². The molecule has 110 valence electrons. The number of ether oxygens (including phenoxy) is 1. The Balaban J connectivity index is 1.96. The van der Waals surface area contributed by atoms with Gasteiger partial charge in [-0.05, 0) is 38.2 Å². The molecule has 1 aliphatic heterocycles. The van der Waals surface area contributed by atoms with Crippen molar-refractivity contribution in [3.63, 3.8) is 0 Å². The normalized spacial score (nSPS) is 17.9. The van der Waals surface area contributed by atoms with Gasteiger partial charge in [-0.2, -0.15) is 0 Å². The topological polar surface area (TPSA) is 64.4 Å². The summed E-state index contributed by atoms with van der Waals surface area (Å²) in [5.74, 6) is 0.628. The molecule has 1 aromatic rings. The lowest BCUT2D eigenvalue weighted by atomic mass is 9.92. The summed E-state index contributed by atoms with van der Waals surface area (Å²) in [6.45, 7) is 6.35. The molecule has 5 nitrogen and oxygen atoms in total. The van der Waals surface area contributed by atoms with Crippen molar-refractivity contribution < 1.29 is 9.66 Å². The number of nitrogens with one attached hydrogen (secondary N) is 1. The molecule has 1 atom stereocenters. The summed E-state index contributed by atoms with van der Waals surface area (Å²) in [6.07, 6.45) is 2.17. The lowest BCUT2D eigenvalue weighted by Gasteiger charge is -2.28. The summed E-state index contributed by atoms with van der Waals surface area (Å²) in [5, 5.41) is 14.4. The lowest BCUT2D eigenvalue weighted by Crippen LogP contribution is -2.36. The fraction of sp³-hybridized carbons (Fsp3) is 0.600. The molecule has 1 aromatic carbocycles. The monoisotopic (exact) mass is 278 g/mol. The van der Waals surface area contributed by atoms with Gasteiger partial charge in [-0.3, -0.25) is 10.1 Å². The van der Waals surface area contributed by atoms with Gasteiger partial charge in [0.05, 0.1) is 4.92 Å². The Hall–Kier alpha value is -1.46. The van der Waals surface area contributed by atoms with E-state index in [0.717, 1.165) is 37.2 Å². The van der Waals surface area contributed by atoms with Crippen molar-refractivity contribution in [1.29, 1.82) is 0 Å². The van der Waals surface area contributed by atoms with Crippen LogP contribution in [-0.4, -0.2) is 24.2 Å². The fourth-order valence-electron chi connectivity index (χ4n) is 2.71. The average molecular weight is 278 g/mol. The highest BCUT2D eigenvalue weighted by atomic mass is 16.6. The molecule has 1 heterocycles. The first-order valence-electron chi connectivity index (χ1n) is 7.13. The first-order chi connectivity index (χ1) is 9.59. The third kappa shape index (κ3) is 3.55. The van der Waals surface area contributed by atoms with Gasteiger partial charge in [-0.1, -0.05) is 12.1 Å². The molecule has 1 aliphatic rings. The van der Waals surface area contributed by atoms with E-state index in [4.69, 9.17) is 4.74 Å². The largest absolute Gasteiger partial charge is 0.381 e.